The van der Waals surface area contributed by atoms with Gasteiger partial charge in [0.15, 0.2) is 0 Å². The molecule has 0 N–H and O–H groups in total. The molecule has 0 atom stereocenters. The maximum atomic E-state index is 5.74. The van der Waals surface area contributed by atoms with Crippen molar-refractivity contribution in [3.8, 4) is 11.9 Å². The molecule has 2 rings (SSSR count). The highest BCUT2D eigenvalue weighted by atomic mass is 35.5. The lowest BCUT2D eigenvalue weighted by Gasteiger charge is -2.05. The highest BCUT2D eigenvalue weighted by molar-refractivity contribution is 6.17. The summed E-state index contributed by atoms with van der Waals surface area (Å²) in [6.45, 7) is 3.77. The molecule has 0 fully saturated rings. The smallest absolute Gasteiger partial charge is 0.323 e. The van der Waals surface area contributed by atoms with Crippen molar-refractivity contribution in [3.05, 3.63) is 29.2 Å². The molecule has 2 aromatic heterocycles. The van der Waals surface area contributed by atoms with Gasteiger partial charge in [-0.3, -0.25) is 0 Å². The molecule has 0 aliphatic carbocycles. The summed E-state index contributed by atoms with van der Waals surface area (Å²) >= 11 is 5.74. The van der Waals surface area contributed by atoms with Crippen LogP contribution in [-0.2, 0) is 12.9 Å². The highest BCUT2D eigenvalue weighted by Gasteiger charge is 2.08. The monoisotopic (exact) mass is 252 g/mol. The molecule has 5 nitrogen and oxygen atoms in total. The Bertz CT molecular complexity index is 538. The number of hydrogen-bond donors (Lipinski definition) is 0. The predicted octanol–water partition coefficient (Wildman–Crippen LogP) is 2.36. The Morgan fingerprint density at radius 2 is 2.18 bits per heavy atom. The third kappa shape index (κ3) is 2.55. The Morgan fingerprint density at radius 1 is 1.41 bits per heavy atom. The van der Waals surface area contributed by atoms with Crippen molar-refractivity contribution in [2.75, 3.05) is 0 Å². The van der Waals surface area contributed by atoms with Gasteiger partial charge in [0.2, 0.25) is 5.88 Å². The molecule has 6 heteroatoms. The van der Waals surface area contributed by atoms with E-state index in [-0.39, 0.29) is 0 Å². The molecule has 17 heavy (non-hydrogen) atoms. The molecule has 0 aliphatic heterocycles. The summed E-state index contributed by atoms with van der Waals surface area (Å²) in [5.41, 5.74) is 2.61. The molecule has 2 aromatic rings. The summed E-state index contributed by atoms with van der Waals surface area (Å²) in [6.07, 6.45) is 1.67. The van der Waals surface area contributed by atoms with Crippen molar-refractivity contribution < 1.29 is 4.74 Å². The van der Waals surface area contributed by atoms with Crippen LogP contribution in [0.5, 0.6) is 11.9 Å². The Hall–Kier alpha value is -1.62. The van der Waals surface area contributed by atoms with E-state index in [0.717, 1.165) is 17.0 Å². The van der Waals surface area contributed by atoms with Gasteiger partial charge in [-0.2, -0.15) is 10.1 Å². The zero-order valence-electron chi connectivity index (χ0n) is 9.94. The van der Waals surface area contributed by atoms with Gasteiger partial charge in [-0.1, -0.05) is 0 Å². The van der Waals surface area contributed by atoms with Gasteiger partial charge in [-0.15, -0.1) is 11.6 Å². The molecule has 0 amide bonds. The van der Waals surface area contributed by atoms with Crippen LogP contribution in [0.25, 0.3) is 0 Å². The molecular formula is C11H13ClN4O. The molecule has 2 heterocycles. The number of alkyl halides is 1. The number of halogens is 1. The average molecular weight is 253 g/mol. The number of ether oxygens (including phenoxy) is 1. The maximum Gasteiger partial charge on any atom is 0.323 e. The van der Waals surface area contributed by atoms with Gasteiger partial charge < -0.3 is 4.74 Å². The standard InChI is InChI=1S/C11H13ClN4O/c1-7-4-10(16(3)15-7)17-11-13-6-9(5-12)8(2)14-11/h4,6H,5H2,1-3H3. The van der Waals surface area contributed by atoms with Crippen LogP contribution in [0.4, 0.5) is 0 Å². The topological polar surface area (TPSA) is 52.8 Å². The molecule has 0 aromatic carbocycles. The largest absolute Gasteiger partial charge is 0.405 e. The first-order chi connectivity index (χ1) is 8.10. The summed E-state index contributed by atoms with van der Waals surface area (Å²) in [7, 11) is 1.81. The fourth-order valence-electron chi connectivity index (χ4n) is 1.43. The van der Waals surface area contributed by atoms with E-state index in [1.165, 1.54) is 0 Å². The van der Waals surface area contributed by atoms with Crippen molar-refractivity contribution in [3.63, 3.8) is 0 Å². The van der Waals surface area contributed by atoms with Gasteiger partial charge in [-0.25, -0.2) is 9.67 Å². The van der Waals surface area contributed by atoms with Crippen LogP contribution >= 0.6 is 11.6 Å². The SMILES string of the molecule is Cc1cc(Oc2ncc(CCl)c(C)n2)n(C)n1. The van der Waals surface area contributed by atoms with Crippen LogP contribution in [0.15, 0.2) is 12.3 Å². The minimum absolute atomic E-state index is 0.305. The Morgan fingerprint density at radius 3 is 2.71 bits per heavy atom. The van der Waals surface area contributed by atoms with E-state index >= 15 is 0 Å². The van der Waals surface area contributed by atoms with Crippen molar-refractivity contribution >= 4 is 11.6 Å². The fourth-order valence-corrected chi connectivity index (χ4v) is 1.69. The van der Waals surface area contributed by atoms with Crippen molar-refractivity contribution in [2.45, 2.75) is 19.7 Å². The van der Waals surface area contributed by atoms with Crippen molar-refractivity contribution in [1.82, 2.24) is 19.7 Å². The number of aryl methyl sites for hydroxylation is 3. The van der Waals surface area contributed by atoms with Gasteiger partial charge >= 0.3 is 6.01 Å². The maximum absolute atomic E-state index is 5.74. The second-order valence-corrected chi connectivity index (χ2v) is 4.01. The van der Waals surface area contributed by atoms with Crippen LogP contribution in [-0.4, -0.2) is 19.7 Å². The second-order valence-electron chi connectivity index (χ2n) is 3.75. The minimum Gasteiger partial charge on any atom is -0.405 e. The summed E-state index contributed by atoms with van der Waals surface area (Å²) in [5.74, 6) is 1.01. The molecule has 0 aliphatic rings. The van der Waals surface area contributed by atoms with E-state index in [2.05, 4.69) is 15.1 Å². The van der Waals surface area contributed by atoms with Crippen LogP contribution in [0.2, 0.25) is 0 Å². The van der Waals surface area contributed by atoms with Crippen molar-refractivity contribution in [2.24, 2.45) is 7.05 Å². The molecular weight excluding hydrogens is 240 g/mol. The van der Waals surface area contributed by atoms with E-state index in [1.54, 1.807) is 10.9 Å². The summed E-state index contributed by atoms with van der Waals surface area (Å²) in [4.78, 5) is 8.33. The fraction of sp³-hybridized carbons (Fsp3) is 0.364. The number of aromatic nitrogens is 4. The molecule has 0 radical (unpaired) electrons. The summed E-state index contributed by atoms with van der Waals surface area (Å²) < 4.78 is 7.19. The molecule has 90 valence electrons. The second kappa shape index (κ2) is 4.71. The number of rotatable bonds is 3. The van der Waals surface area contributed by atoms with Crippen LogP contribution < -0.4 is 4.74 Å². The quantitative estimate of drug-likeness (QED) is 0.787. The van der Waals surface area contributed by atoms with E-state index in [1.807, 2.05) is 27.0 Å². The van der Waals surface area contributed by atoms with Crippen LogP contribution in [0.1, 0.15) is 17.0 Å². The van der Waals surface area contributed by atoms with Gasteiger partial charge in [0.25, 0.3) is 0 Å². The lowest BCUT2D eigenvalue weighted by atomic mass is 10.3. The molecule has 0 spiro atoms. The zero-order valence-corrected chi connectivity index (χ0v) is 10.7. The minimum atomic E-state index is 0.305. The normalized spacial score (nSPS) is 10.6. The first-order valence-electron chi connectivity index (χ1n) is 5.17. The van der Waals surface area contributed by atoms with E-state index in [9.17, 15) is 0 Å². The van der Waals surface area contributed by atoms with E-state index in [4.69, 9.17) is 16.3 Å². The van der Waals surface area contributed by atoms with Gasteiger partial charge in [0.05, 0.1) is 11.6 Å². The van der Waals surface area contributed by atoms with Crippen LogP contribution in [0, 0.1) is 13.8 Å². The summed E-state index contributed by atoms with van der Waals surface area (Å²) in [6, 6.07) is 2.13. The van der Waals surface area contributed by atoms with Gasteiger partial charge in [0, 0.05) is 30.6 Å². The zero-order chi connectivity index (χ0) is 12.4. The lowest BCUT2D eigenvalue weighted by molar-refractivity contribution is 0.397. The summed E-state index contributed by atoms with van der Waals surface area (Å²) in [5, 5.41) is 4.18. The predicted molar refractivity (Wildman–Crippen MR) is 64.3 cm³/mol. The van der Waals surface area contributed by atoms with Crippen LogP contribution in [0.3, 0.4) is 0 Å². The van der Waals surface area contributed by atoms with E-state index in [0.29, 0.717) is 17.8 Å². The molecule has 0 unspecified atom stereocenters. The van der Waals surface area contributed by atoms with Gasteiger partial charge in [-0.05, 0) is 13.8 Å². The Labute approximate surface area is 104 Å². The third-order valence-corrected chi connectivity index (χ3v) is 2.65. The Balaban J connectivity index is 2.24. The molecule has 0 saturated carbocycles. The molecule has 0 bridgehead atoms. The average Bonchev–Trinajstić information content (AvgIpc) is 2.58. The molecule has 0 saturated heterocycles. The van der Waals surface area contributed by atoms with Gasteiger partial charge in [0.1, 0.15) is 0 Å². The lowest BCUT2D eigenvalue weighted by Crippen LogP contribution is -2.00. The van der Waals surface area contributed by atoms with E-state index < -0.39 is 0 Å². The first kappa shape index (κ1) is 11.9. The van der Waals surface area contributed by atoms with Crippen molar-refractivity contribution in [1.29, 1.82) is 0 Å². The number of nitrogens with zero attached hydrogens (tertiary/aromatic N) is 4. The number of hydrogen-bond acceptors (Lipinski definition) is 4. The first-order valence-corrected chi connectivity index (χ1v) is 5.70. The highest BCUT2D eigenvalue weighted by Crippen LogP contribution is 2.19. The third-order valence-electron chi connectivity index (χ3n) is 2.36. The Kier molecular flexibility index (Phi) is 3.28.